The molecule has 0 rings (SSSR count). The average Bonchev–Trinajstić information content (AvgIpc) is 1.82. The van der Waals surface area contributed by atoms with E-state index in [4.69, 9.17) is 17.3 Å². The van der Waals surface area contributed by atoms with Crippen molar-refractivity contribution in [3.05, 3.63) is 0 Å². The summed E-state index contributed by atoms with van der Waals surface area (Å²) >= 11 is 8.71. The van der Waals surface area contributed by atoms with Gasteiger partial charge in [0.15, 0.2) is 0 Å². The van der Waals surface area contributed by atoms with Crippen molar-refractivity contribution in [2.45, 2.75) is 6.92 Å². The molecule has 0 saturated heterocycles. The van der Waals surface area contributed by atoms with Gasteiger partial charge in [0, 0.05) is 13.1 Å². The maximum Gasteiger partial charge on any atom is 0.133 e. The second-order valence-corrected chi connectivity index (χ2v) is 2.70. The molecule has 9 heavy (non-hydrogen) atoms. The Morgan fingerprint density at radius 1 is 1.78 bits per heavy atom. The molecule has 0 fully saturated rings. The van der Waals surface area contributed by atoms with Crippen molar-refractivity contribution in [3.8, 4) is 0 Å². The second-order valence-electron chi connectivity index (χ2n) is 1.59. The zero-order valence-electron chi connectivity index (χ0n) is 5.37. The summed E-state index contributed by atoms with van der Waals surface area (Å²) in [6.07, 6.45) is 0. The topological polar surface area (TPSA) is 23.5 Å². The van der Waals surface area contributed by atoms with Gasteiger partial charge < -0.3 is 10.0 Å². The molecule has 4 heteroatoms. The molecule has 0 bridgehead atoms. The largest absolute Gasteiger partial charge is 0.395 e. The molecule has 0 amide bonds. The predicted molar refractivity (Wildman–Crippen MR) is 45.9 cm³/mol. The van der Waals surface area contributed by atoms with Crippen molar-refractivity contribution in [1.82, 2.24) is 4.90 Å². The number of rotatable bonds is 3. The van der Waals surface area contributed by atoms with E-state index in [-0.39, 0.29) is 6.61 Å². The molecule has 0 saturated carbocycles. The van der Waals surface area contributed by atoms with Gasteiger partial charge in [0.2, 0.25) is 0 Å². The maximum absolute atomic E-state index is 8.48. The third-order valence-corrected chi connectivity index (χ3v) is 1.56. The number of hydrogen-bond acceptors (Lipinski definition) is 2. The zero-order valence-corrected chi connectivity index (χ0v) is 7.08. The fraction of sp³-hybridized carbons (Fsp3) is 0.800. The molecule has 0 spiro atoms. The summed E-state index contributed by atoms with van der Waals surface area (Å²) in [6, 6.07) is 0. The number of aliphatic hydroxyl groups is 1. The molecule has 0 aromatic carbocycles. The van der Waals surface area contributed by atoms with E-state index in [9.17, 15) is 0 Å². The minimum Gasteiger partial charge on any atom is -0.395 e. The Bertz CT molecular complexity index is 97.0. The normalized spacial score (nSPS) is 9.22. The summed E-state index contributed by atoms with van der Waals surface area (Å²) in [5.41, 5.74) is 0. The van der Waals surface area contributed by atoms with Crippen LogP contribution in [0.2, 0.25) is 0 Å². The van der Waals surface area contributed by atoms with Crippen molar-refractivity contribution in [2.75, 3.05) is 19.7 Å². The quantitative estimate of drug-likeness (QED) is 0.471. The number of hydrogen-bond donors (Lipinski definition) is 2. The molecular formula is C5H11NOS2. The molecule has 0 radical (unpaired) electrons. The van der Waals surface area contributed by atoms with E-state index >= 15 is 0 Å². The van der Waals surface area contributed by atoms with Gasteiger partial charge in [-0.25, -0.2) is 0 Å². The minimum atomic E-state index is 0.133. The Morgan fingerprint density at radius 3 is 2.44 bits per heavy atom. The highest BCUT2D eigenvalue weighted by Crippen LogP contribution is 1.93. The van der Waals surface area contributed by atoms with Crippen LogP contribution in [0.25, 0.3) is 0 Å². The van der Waals surface area contributed by atoms with Crippen molar-refractivity contribution in [2.24, 2.45) is 0 Å². The van der Waals surface area contributed by atoms with Crippen molar-refractivity contribution >= 4 is 29.2 Å². The smallest absolute Gasteiger partial charge is 0.133 e. The van der Waals surface area contributed by atoms with Crippen LogP contribution in [0, 0.1) is 0 Å². The van der Waals surface area contributed by atoms with Crippen molar-refractivity contribution < 1.29 is 5.11 Å². The molecule has 0 unspecified atom stereocenters. The SMILES string of the molecule is CCN(CCO)C(=S)S. The number of nitrogens with zero attached hydrogens (tertiary/aromatic N) is 1. The Balaban J connectivity index is 3.54. The van der Waals surface area contributed by atoms with Crippen LogP contribution in [0.3, 0.4) is 0 Å². The van der Waals surface area contributed by atoms with Crippen LogP contribution in [-0.2, 0) is 0 Å². The standard InChI is InChI=1S/C5H11NOS2/c1-2-6(3-4-7)5(8)9/h7H,2-4H2,1H3,(H,8,9). The third kappa shape index (κ3) is 3.72. The molecular weight excluding hydrogens is 154 g/mol. The van der Waals surface area contributed by atoms with E-state index in [2.05, 4.69) is 12.6 Å². The lowest BCUT2D eigenvalue weighted by Crippen LogP contribution is -2.28. The van der Waals surface area contributed by atoms with Gasteiger partial charge in [-0.05, 0) is 6.92 Å². The molecule has 0 heterocycles. The van der Waals surface area contributed by atoms with Gasteiger partial charge >= 0.3 is 0 Å². The van der Waals surface area contributed by atoms with Gasteiger partial charge in [0.1, 0.15) is 4.32 Å². The van der Waals surface area contributed by atoms with Crippen LogP contribution in [0.4, 0.5) is 0 Å². The summed E-state index contributed by atoms with van der Waals surface area (Å²) in [7, 11) is 0. The van der Waals surface area contributed by atoms with E-state index in [1.807, 2.05) is 11.8 Å². The summed E-state index contributed by atoms with van der Waals surface area (Å²) in [5.74, 6) is 0. The van der Waals surface area contributed by atoms with Gasteiger partial charge in [0.25, 0.3) is 0 Å². The van der Waals surface area contributed by atoms with Gasteiger partial charge in [-0.2, -0.15) is 0 Å². The maximum atomic E-state index is 8.48. The second kappa shape index (κ2) is 5.02. The number of likely N-dealkylation sites (N-methyl/N-ethyl adjacent to an activating group) is 1. The van der Waals surface area contributed by atoms with Gasteiger partial charge in [-0.15, -0.1) is 12.6 Å². The summed E-state index contributed by atoms with van der Waals surface area (Å²) in [6.45, 7) is 3.49. The average molecular weight is 165 g/mol. The molecule has 0 aromatic rings. The molecule has 1 N–H and O–H groups in total. The number of thiocarbonyl (C=S) groups is 1. The lowest BCUT2D eigenvalue weighted by Gasteiger charge is -2.18. The zero-order chi connectivity index (χ0) is 7.28. The van der Waals surface area contributed by atoms with Crippen LogP contribution >= 0.6 is 24.8 Å². The molecule has 0 atom stereocenters. The highest BCUT2D eigenvalue weighted by Gasteiger charge is 1.99. The van der Waals surface area contributed by atoms with Gasteiger partial charge in [-0.1, -0.05) is 12.2 Å². The van der Waals surface area contributed by atoms with E-state index < -0.39 is 0 Å². The minimum absolute atomic E-state index is 0.133. The third-order valence-electron chi connectivity index (χ3n) is 1.02. The molecule has 0 aliphatic heterocycles. The monoisotopic (exact) mass is 165 g/mol. The lowest BCUT2D eigenvalue weighted by atomic mass is 10.5. The first kappa shape index (κ1) is 9.20. The van der Waals surface area contributed by atoms with E-state index in [0.717, 1.165) is 6.54 Å². The van der Waals surface area contributed by atoms with Crippen LogP contribution in [-0.4, -0.2) is 34.0 Å². The van der Waals surface area contributed by atoms with Crippen LogP contribution in [0.1, 0.15) is 6.92 Å². The van der Waals surface area contributed by atoms with Crippen molar-refractivity contribution in [1.29, 1.82) is 0 Å². The van der Waals surface area contributed by atoms with Crippen molar-refractivity contribution in [3.63, 3.8) is 0 Å². The van der Waals surface area contributed by atoms with Gasteiger partial charge in [-0.3, -0.25) is 0 Å². The highest BCUT2D eigenvalue weighted by atomic mass is 32.1. The van der Waals surface area contributed by atoms with Gasteiger partial charge in [0.05, 0.1) is 6.61 Å². The Kier molecular flexibility index (Phi) is 5.13. The Hall–Kier alpha value is 0.200. The van der Waals surface area contributed by atoms with E-state index in [1.54, 1.807) is 0 Å². The lowest BCUT2D eigenvalue weighted by molar-refractivity contribution is 0.256. The summed E-state index contributed by atoms with van der Waals surface area (Å²) in [5, 5.41) is 8.48. The molecule has 2 nitrogen and oxygen atoms in total. The first-order valence-electron chi connectivity index (χ1n) is 2.81. The Morgan fingerprint density at radius 2 is 2.33 bits per heavy atom. The van der Waals surface area contributed by atoms with E-state index in [1.165, 1.54) is 0 Å². The fourth-order valence-corrected chi connectivity index (χ4v) is 0.972. The summed E-state index contributed by atoms with van der Waals surface area (Å²) < 4.78 is 0.548. The number of aliphatic hydroxyl groups excluding tert-OH is 1. The number of thiol groups is 1. The Labute approximate surface area is 66.3 Å². The predicted octanol–water partition coefficient (Wildman–Crippen LogP) is 0.515. The first-order chi connectivity index (χ1) is 4.22. The van der Waals surface area contributed by atoms with Crippen LogP contribution in [0.15, 0.2) is 0 Å². The molecule has 0 aromatic heterocycles. The first-order valence-corrected chi connectivity index (χ1v) is 3.66. The molecule has 0 aliphatic rings. The van der Waals surface area contributed by atoms with Crippen LogP contribution < -0.4 is 0 Å². The highest BCUT2D eigenvalue weighted by molar-refractivity contribution is 8.10. The van der Waals surface area contributed by atoms with E-state index in [0.29, 0.717) is 10.9 Å². The molecule has 0 aliphatic carbocycles. The van der Waals surface area contributed by atoms with Crippen LogP contribution in [0.5, 0.6) is 0 Å². The fourth-order valence-electron chi connectivity index (χ4n) is 0.510. The summed E-state index contributed by atoms with van der Waals surface area (Å²) in [4.78, 5) is 1.82. The molecule has 54 valence electrons.